The van der Waals surface area contributed by atoms with Crippen LogP contribution in [0.2, 0.25) is 0 Å². The zero-order valence-corrected chi connectivity index (χ0v) is 9.22. The molecule has 0 radical (unpaired) electrons. The van der Waals surface area contributed by atoms with Crippen LogP contribution in [-0.2, 0) is 12.8 Å². The third-order valence-corrected chi connectivity index (χ3v) is 2.23. The summed E-state index contributed by atoms with van der Waals surface area (Å²) in [6.45, 7) is 7.45. The van der Waals surface area contributed by atoms with E-state index >= 15 is 0 Å². The van der Waals surface area contributed by atoms with Crippen LogP contribution in [0.1, 0.15) is 48.3 Å². The Kier molecular flexibility index (Phi) is 3.33. The Balaban J connectivity index is 3.30. The van der Waals surface area contributed by atoms with Crippen LogP contribution in [0.4, 0.5) is 0 Å². The maximum atomic E-state index is 11.2. The topological polar surface area (TPSA) is 42.9 Å². The molecule has 0 aliphatic carbocycles. The van der Waals surface area contributed by atoms with Crippen LogP contribution >= 0.6 is 0 Å². The number of hydrogen-bond acceptors (Lipinski definition) is 3. The van der Waals surface area contributed by atoms with Crippen molar-refractivity contribution in [1.82, 2.24) is 9.97 Å². The molecule has 0 saturated heterocycles. The largest absolute Gasteiger partial charge is 0.293 e. The van der Waals surface area contributed by atoms with E-state index in [1.807, 2.05) is 13.8 Å². The van der Waals surface area contributed by atoms with Crippen LogP contribution in [0.3, 0.4) is 0 Å². The van der Waals surface area contributed by atoms with E-state index < -0.39 is 0 Å². The summed E-state index contributed by atoms with van der Waals surface area (Å²) in [7, 11) is 0. The third-order valence-electron chi connectivity index (χ3n) is 2.23. The van der Waals surface area contributed by atoms with Gasteiger partial charge in [0.15, 0.2) is 5.78 Å². The molecule has 3 heteroatoms. The molecule has 0 aliphatic heterocycles. The van der Waals surface area contributed by atoms with Crippen molar-refractivity contribution in [2.45, 2.75) is 40.5 Å². The van der Waals surface area contributed by atoms with Crippen LogP contribution in [0, 0.1) is 6.92 Å². The van der Waals surface area contributed by atoms with Crippen molar-refractivity contribution in [2.24, 2.45) is 0 Å². The van der Waals surface area contributed by atoms with Crippen molar-refractivity contribution >= 4 is 5.78 Å². The summed E-state index contributed by atoms with van der Waals surface area (Å²) in [4.78, 5) is 20.0. The van der Waals surface area contributed by atoms with Crippen molar-refractivity contribution in [3.63, 3.8) is 0 Å². The van der Waals surface area contributed by atoms with E-state index in [4.69, 9.17) is 0 Å². The summed E-state index contributed by atoms with van der Waals surface area (Å²) in [5, 5.41) is 0. The molecular formula is C11H16N2O. The first-order chi connectivity index (χ1) is 6.60. The van der Waals surface area contributed by atoms with Gasteiger partial charge in [-0.2, -0.15) is 0 Å². The molecule has 0 atom stereocenters. The maximum absolute atomic E-state index is 11.2. The lowest BCUT2D eigenvalue weighted by Crippen LogP contribution is -2.09. The fraction of sp³-hybridized carbons (Fsp3) is 0.545. The van der Waals surface area contributed by atoms with Crippen molar-refractivity contribution in [3.8, 4) is 0 Å². The Morgan fingerprint density at radius 1 is 1.14 bits per heavy atom. The number of Topliss-reactive ketones (excluding diaryl/α,β-unsaturated/α-hetero) is 1. The van der Waals surface area contributed by atoms with Gasteiger partial charge in [0.05, 0.1) is 17.1 Å². The molecule has 0 unspecified atom stereocenters. The first kappa shape index (κ1) is 10.8. The number of ketones is 1. The first-order valence-electron chi connectivity index (χ1n) is 4.97. The van der Waals surface area contributed by atoms with Crippen molar-refractivity contribution < 1.29 is 4.79 Å². The Hall–Kier alpha value is -1.25. The van der Waals surface area contributed by atoms with E-state index in [-0.39, 0.29) is 5.78 Å². The third kappa shape index (κ3) is 1.97. The molecule has 0 aliphatic rings. The average molecular weight is 192 g/mol. The quantitative estimate of drug-likeness (QED) is 0.689. The molecule has 1 rings (SSSR count). The summed E-state index contributed by atoms with van der Waals surface area (Å²) in [5.74, 6) is -0.00708. The van der Waals surface area contributed by atoms with Crippen molar-refractivity contribution in [3.05, 3.63) is 22.8 Å². The molecule has 0 fully saturated rings. The number of carbonyl (C=O) groups is 1. The van der Waals surface area contributed by atoms with Gasteiger partial charge in [0.25, 0.3) is 0 Å². The zero-order valence-electron chi connectivity index (χ0n) is 9.22. The zero-order chi connectivity index (χ0) is 10.7. The summed E-state index contributed by atoms with van der Waals surface area (Å²) < 4.78 is 0. The van der Waals surface area contributed by atoms with Crippen LogP contribution < -0.4 is 0 Å². The standard InChI is InChI=1S/C11H16N2O/c1-5-9-10(6-2)13-11(8(4)14)7(3)12-9/h5-6H2,1-4H3. The van der Waals surface area contributed by atoms with E-state index in [1.54, 1.807) is 0 Å². The molecule has 0 bridgehead atoms. The molecule has 0 aromatic carbocycles. The molecular weight excluding hydrogens is 176 g/mol. The molecule has 3 nitrogen and oxygen atoms in total. The molecule has 1 heterocycles. The van der Waals surface area contributed by atoms with Gasteiger partial charge in [-0.1, -0.05) is 13.8 Å². The van der Waals surface area contributed by atoms with Gasteiger partial charge in [-0.3, -0.25) is 9.78 Å². The normalized spacial score (nSPS) is 10.3. The van der Waals surface area contributed by atoms with E-state index in [1.165, 1.54) is 6.92 Å². The van der Waals surface area contributed by atoms with E-state index in [0.29, 0.717) is 5.69 Å². The lowest BCUT2D eigenvalue weighted by molar-refractivity contribution is 0.101. The number of nitrogens with zero attached hydrogens (tertiary/aromatic N) is 2. The number of hydrogen-bond donors (Lipinski definition) is 0. The second kappa shape index (κ2) is 4.31. The van der Waals surface area contributed by atoms with Crippen LogP contribution in [0.15, 0.2) is 0 Å². The monoisotopic (exact) mass is 192 g/mol. The molecule has 76 valence electrons. The Labute approximate surface area is 84.6 Å². The second-order valence-electron chi connectivity index (χ2n) is 3.31. The summed E-state index contributed by atoms with van der Waals surface area (Å²) in [5.41, 5.74) is 3.21. The van der Waals surface area contributed by atoms with E-state index in [9.17, 15) is 4.79 Å². The number of aryl methyl sites for hydroxylation is 3. The first-order valence-corrected chi connectivity index (χ1v) is 4.97. The van der Waals surface area contributed by atoms with Crippen LogP contribution in [0.25, 0.3) is 0 Å². The fourth-order valence-electron chi connectivity index (χ4n) is 1.50. The number of aromatic nitrogens is 2. The lowest BCUT2D eigenvalue weighted by atomic mass is 10.1. The van der Waals surface area contributed by atoms with Crippen LogP contribution in [0.5, 0.6) is 0 Å². The fourth-order valence-corrected chi connectivity index (χ4v) is 1.50. The minimum Gasteiger partial charge on any atom is -0.293 e. The lowest BCUT2D eigenvalue weighted by Gasteiger charge is -2.08. The van der Waals surface area contributed by atoms with Gasteiger partial charge in [0, 0.05) is 6.92 Å². The Bertz CT molecular complexity index is 359. The molecule has 0 spiro atoms. The maximum Gasteiger partial charge on any atom is 0.179 e. The second-order valence-corrected chi connectivity index (χ2v) is 3.31. The van der Waals surface area contributed by atoms with Gasteiger partial charge >= 0.3 is 0 Å². The van der Waals surface area contributed by atoms with E-state index in [2.05, 4.69) is 16.9 Å². The van der Waals surface area contributed by atoms with Crippen molar-refractivity contribution in [1.29, 1.82) is 0 Å². The van der Waals surface area contributed by atoms with Gasteiger partial charge in [-0.15, -0.1) is 0 Å². The van der Waals surface area contributed by atoms with Gasteiger partial charge in [-0.25, -0.2) is 4.98 Å². The highest BCUT2D eigenvalue weighted by atomic mass is 16.1. The molecule has 0 saturated carbocycles. The predicted octanol–water partition coefficient (Wildman–Crippen LogP) is 2.11. The Morgan fingerprint density at radius 3 is 2.07 bits per heavy atom. The molecule has 0 amide bonds. The highest BCUT2D eigenvalue weighted by molar-refractivity contribution is 5.93. The Morgan fingerprint density at radius 2 is 1.64 bits per heavy atom. The SMILES string of the molecule is CCc1nc(C)c(C(C)=O)nc1CC. The number of carbonyl (C=O) groups excluding carboxylic acids is 1. The molecule has 0 N–H and O–H groups in total. The van der Waals surface area contributed by atoms with E-state index in [0.717, 1.165) is 29.9 Å². The van der Waals surface area contributed by atoms with Gasteiger partial charge < -0.3 is 0 Å². The smallest absolute Gasteiger partial charge is 0.179 e. The van der Waals surface area contributed by atoms with Gasteiger partial charge in [0.2, 0.25) is 0 Å². The average Bonchev–Trinajstić information content (AvgIpc) is 2.16. The minimum absolute atomic E-state index is 0.00708. The highest BCUT2D eigenvalue weighted by Gasteiger charge is 2.11. The minimum atomic E-state index is -0.00708. The molecule has 14 heavy (non-hydrogen) atoms. The summed E-state index contributed by atoms with van der Waals surface area (Å²) in [6.07, 6.45) is 1.70. The predicted molar refractivity (Wildman–Crippen MR) is 55.5 cm³/mol. The molecule has 1 aromatic heterocycles. The highest BCUT2D eigenvalue weighted by Crippen LogP contribution is 2.10. The summed E-state index contributed by atoms with van der Waals surface area (Å²) >= 11 is 0. The molecule has 1 aromatic rings. The summed E-state index contributed by atoms with van der Waals surface area (Å²) in [6, 6.07) is 0. The van der Waals surface area contributed by atoms with Crippen molar-refractivity contribution in [2.75, 3.05) is 0 Å². The van der Waals surface area contributed by atoms with Gasteiger partial charge in [-0.05, 0) is 19.8 Å². The van der Waals surface area contributed by atoms with Gasteiger partial charge in [0.1, 0.15) is 5.69 Å². The van der Waals surface area contributed by atoms with Crippen LogP contribution in [-0.4, -0.2) is 15.8 Å². The number of rotatable bonds is 3.